The standard InChI is InChI=1S/C23H23F2N3O4/c1-23(15-9-11-16(12-10-15)32-21(24)25)20(30)28(22(31)27-23)13-19(29)26-18-8-4-6-14-5-2-3-7-17(14)18/h2-3,5,7,9-12,18,21H,4,6,8,13H2,1H3,(H,26,29)(H,27,31)/t18-,23+/m1/s1. The van der Waals surface area contributed by atoms with E-state index < -0.39 is 36.5 Å². The zero-order valence-electron chi connectivity index (χ0n) is 17.4. The molecule has 2 atom stereocenters. The highest BCUT2D eigenvalue weighted by Gasteiger charge is 2.49. The van der Waals surface area contributed by atoms with Gasteiger partial charge in [-0.2, -0.15) is 8.78 Å². The molecule has 0 unspecified atom stereocenters. The van der Waals surface area contributed by atoms with Crippen LogP contribution in [0.1, 0.15) is 42.5 Å². The Morgan fingerprint density at radius 3 is 2.66 bits per heavy atom. The molecule has 1 saturated heterocycles. The SMILES string of the molecule is C[C@@]1(c2ccc(OC(F)F)cc2)NC(=O)N(CC(=O)N[C@@H]2CCCc3ccccc32)C1=O. The van der Waals surface area contributed by atoms with E-state index in [1.54, 1.807) is 0 Å². The molecule has 1 aliphatic heterocycles. The van der Waals surface area contributed by atoms with Gasteiger partial charge in [0.1, 0.15) is 17.8 Å². The summed E-state index contributed by atoms with van der Waals surface area (Å²) in [4.78, 5) is 39.1. The quantitative estimate of drug-likeness (QED) is 0.671. The van der Waals surface area contributed by atoms with Gasteiger partial charge in [-0.25, -0.2) is 4.79 Å². The highest BCUT2D eigenvalue weighted by atomic mass is 19.3. The summed E-state index contributed by atoms with van der Waals surface area (Å²) >= 11 is 0. The van der Waals surface area contributed by atoms with E-state index in [1.165, 1.54) is 36.8 Å². The summed E-state index contributed by atoms with van der Waals surface area (Å²) in [5.74, 6) is -1.09. The number of hydrogen-bond acceptors (Lipinski definition) is 4. The molecular formula is C23H23F2N3O4. The molecule has 0 radical (unpaired) electrons. The van der Waals surface area contributed by atoms with Gasteiger partial charge in [0, 0.05) is 0 Å². The van der Waals surface area contributed by atoms with Crippen LogP contribution in [0.15, 0.2) is 48.5 Å². The summed E-state index contributed by atoms with van der Waals surface area (Å²) in [6.07, 6.45) is 2.68. The number of rotatable bonds is 6. The molecule has 4 amide bonds. The fourth-order valence-corrected chi connectivity index (χ4v) is 4.29. The largest absolute Gasteiger partial charge is 0.435 e. The Balaban J connectivity index is 1.44. The van der Waals surface area contributed by atoms with Gasteiger partial charge in [0.15, 0.2) is 0 Å². The molecule has 0 aromatic heterocycles. The lowest BCUT2D eigenvalue weighted by molar-refractivity contribution is -0.135. The molecule has 9 heteroatoms. The molecule has 2 aromatic carbocycles. The molecule has 2 aromatic rings. The average molecular weight is 443 g/mol. The number of halogens is 2. The fraction of sp³-hybridized carbons (Fsp3) is 0.348. The molecule has 0 spiro atoms. The number of fused-ring (bicyclic) bond motifs is 1. The van der Waals surface area contributed by atoms with Crippen LogP contribution in [0.25, 0.3) is 0 Å². The molecule has 1 aliphatic carbocycles. The number of alkyl halides is 2. The van der Waals surface area contributed by atoms with Crippen LogP contribution in [-0.4, -0.2) is 35.9 Å². The molecule has 1 heterocycles. The molecule has 0 bridgehead atoms. The summed E-state index contributed by atoms with van der Waals surface area (Å²) in [6.45, 7) is -1.87. The normalized spacial score (nSPS) is 22.5. The van der Waals surface area contributed by atoms with Gasteiger partial charge in [-0.15, -0.1) is 0 Å². The zero-order valence-corrected chi connectivity index (χ0v) is 17.4. The number of benzene rings is 2. The lowest BCUT2D eigenvalue weighted by Crippen LogP contribution is -2.44. The number of amides is 4. The molecule has 4 rings (SSSR count). The number of carbonyl (C=O) groups excluding carboxylic acids is 3. The number of hydrogen-bond donors (Lipinski definition) is 2. The summed E-state index contributed by atoms with van der Waals surface area (Å²) in [7, 11) is 0. The van der Waals surface area contributed by atoms with E-state index in [1.807, 2.05) is 24.3 Å². The van der Waals surface area contributed by atoms with E-state index in [0.29, 0.717) is 5.56 Å². The topological polar surface area (TPSA) is 87.7 Å². The van der Waals surface area contributed by atoms with E-state index in [-0.39, 0.29) is 11.8 Å². The van der Waals surface area contributed by atoms with Crippen LogP contribution in [0.5, 0.6) is 5.75 Å². The first kappa shape index (κ1) is 21.7. The predicted octanol–water partition coefficient (Wildman–Crippen LogP) is 3.25. The van der Waals surface area contributed by atoms with Gasteiger partial charge >= 0.3 is 12.6 Å². The molecule has 2 aliphatic rings. The smallest absolute Gasteiger partial charge is 0.387 e. The van der Waals surface area contributed by atoms with E-state index >= 15 is 0 Å². The second kappa shape index (κ2) is 8.57. The van der Waals surface area contributed by atoms with Crippen molar-refractivity contribution in [1.82, 2.24) is 15.5 Å². The van der Waals surface area contributed by atoms with Crippen molar-refractivity contribution < 1.29 is 27.9 Å². The Bertz CT molecular complexity index is 1040. The maximum Gasteiger partial charge on any atom is 0.387 e. The molecule has 2 N–H and O–H groups in total. The van der Waals surface area contributed by atoms with Crippen molar-refractivity contribution in [2.45, 2.75) is 44.4 Å². The van der Waals surface area contributed by atoms with Crippen molar-refractivity contribution >= 4 is 17.8 Å². The van der Waals surface area contributed by atoms with Crippen molar-refractivity contribution in [2.24, 2.45) is 0 Å². The number of carbonyl (C=O) groups is 3. The first-order valence-electron chi connectivity index (χ1n) is 10.3. The first-order chi connectivity index (χ1) is 15.3. The third kappa shape index (κ3) is 4.15. The first-order valence-corrected chi connectivity index (χ1v) is 10.3. The van der Waals surface area contributed by atoms with Crippen molar-refractivity contribution in [2.75, 3.05) is 6.54 Å². The van der Waals surface area contributed by atoms with Crippen LogP contribution < -0.4 is 15.4 Å². The maximum atomic E-state index is 13.0. The van der Waals surface area contributed by atoms with Crippen LogP contribution in [0.3, 0.4) is 0 Å². The molecular weight excluding hydrogens is 420 g/mol. The molecule has 32 heavy (non-hydrogen) atoms. The lowest BCUT2D eigenvalue weighted by atomic mass is 9.88. The summed E-state index contributed by atoms with van der Waals surface area (Å²) in [5.41, 5.74) is 1.21. The van der Waals surface area contributed by atoms with E-state index in [4.69, 9.17) is 0 Å². The minimum absolute atomic E-state index is 0.0619. The van der Waals surface area contributed by atoms with Crippen molar-refractivity contribution in [3.05, 3.63) is 65.2 Å². The second-order valence-corrected chi connectivity index (χ2v) is 8.06. The van der Waals surface area contributed by atoms with Gasteiger partial charge in [-0.1, -0.05) is 36.4 Å². The Morgan fingerprint density at radius 1 is 1.22 bits per heavy atom. The van der Waals surface area contributed by atoms with Crippen LogP contribution in [0.4, 0.5) is 13.6 Å². The third-order valence-electron chi connectivity index (χ3n) is 5.94. The lowest BCUT2D eigenvalue weighted by Gasteiger charge is -2.27. The Labute approximate surface area is 183 Å². The van der Waals surface area contributed by atoms with Crippen LogP contribution in [-0.2, 0) is 21.5 Å². The van der Waals surface area contributed by atoms with Gasteiger partial charge in [0.05, 0.1) is 6.04 Å². The summed E-state index contributed by atoms with van der Waals surface area (Å²) in [6, 6.07) is 12.5. The fourth-order valence-electron chi connectivity index (χ4n) is 4.29. The van der Waals surface area contributed by atoms with Crippen LogP contribution in [0.2, 0.25) is 0 Å². The minimum Gasteiger partial charge on any atom is -0.435 e. The predicted molar refractivity (Wildman–Crippen MR) is 111 cm³/mol. The van der Waals surface area contributed by atoms with E-state index in [9.17, 15) is 23.2 Å². The van der Waals surface area contributed by atoms with Crippen molar-refractivity contribution in [3.63, 3.8) is 0 Å². The highest BCUT2D eigenvalue weighted by Crippen LogP contribution is 2.31. The van der Waals surface area contributed by atoms with Crippen LogP contribution >= 0.6 is 0 Å². The molecule has 0 saturated carbocycles. The number of aryl methyl sites for hydroxylation is 1. The minimum atomic E-state index is -2.96. The van der Waals surface area contributed by atoms with Crippen molar-refractivity contribution in [1.29, 1.82) is 0 Å². The number of ether oxygens (including phenoxy) is 1. The summed E-state index contributed by atoms with van der Waals surface area (Å²) < 4.78 is 29.0. The third-order valence-corrected chi connectivity index (χ3v) is 5.94. The monoisotopic (exact) mass is 443 g/mol. The maximum absolute atomic E-state index is 13.0. The Hall–Kier alpha value is -3.49. The molecule has 1 fully saturated rings. The van der Waals surface area contributed by atoms with Gasteiger partial charge in [0.25, 0.3) is 5.91 Å². The number of nitrogens with one attached hydrogen (secondary N) is 2. The van der Waals surface area contributed by atoms with Gasteiger partial charge in [-0.05, 0) is 55.0 Å². The number of imide groups is 1. The van der Waals surface area contributed by atoms with Gasteiger partial charge in [-0.3, -0.25) is 14.5 Å². The molecule has 7 nitrogen and oxygen atoms in total. The second-order valence-electron chi connectivity index (χ2n) is 8.06. The molecule has 168 valence electrons. The average Bonchev–Trinajstić information content (AvgIpc) is 2.98. The number of nitrogens with zero attached hydrogens (tertiary/aromatic N) is 1. The highest BCUT2D eigenvalue weighted by molar-refractivity contribution is 6.09. The van der Waals surface area contributed by atoms with E-state index in [0.717, 1.165) is 29.7 Å². The van der Waals surface area contributed by atoms with Crippen molar-refractivity contribution in [3.8, 4) is 5.75 Å². The van der Waals surface area contributed by atoms with Crippen LogP contribution in [0, 0.1) is 0 Å². The van der Waals surface area contributed by atoms with Gasteiger partial charge < -0.3 is 15.4 Å². The van der Waals surface area contributed by atoms with Gasteiger partial charge in [0.2, 0.25) is 5.91 Å². The Morgan fingerprint density at radius 2 is 1.94 bits per heavy atom. The number of urea groups is 1. The summed E-state index contributed by atoms with van der Waals surface area (Å²) in [5, 5.41) is 5.54. The Kier molecular flexibility index (Phi) is 5.82. The zero-order chi connectivity index (χ0) is 22.9. The van der Waals surface area contributed by atoms with E-state index in [2.05, 4.69) is 15.4 Å².